The average molecular weight is 273 g/mol. The third-order valence-electron chi connectivity index (χ3n) is 2.55. The molecule has 15 heavy (non-hydrogen) atoms. The van der Waals surface area contributed by atoms with Gasteiger partial charge in [0.2, 0.25) is 0 Å². The first-order chi connectivity index (χ1) is 7.11. The highest BCUT2D eigenvalue weighted by Gasteiger charge is 2.35. The fourth-order valence-electron chi connectivity index (χ4n) is 1.48. The van der Waals surface area contributed by atoms with Crippen LogP contribution in [-0.2, 0) is 0 Å². The average Bonchev–Trinajstić information content (AvgIpc) is 3.03. The van der Waals surface area contributed by atoms with E-state index in [0.29, 0.717) is 0 Å². The molecule has 0 bridgehead atoms. The normalized spacial score (nSPS) is 17.5. The summed E-state index contributed by atoms with van der Waals surface area (Å²) in [5, 5.41) is 9.59. The number of aliphatic hydroxyl groups excluding tert-OH is 1. The molecule has 1 saturated carbocycles. The third-order valence-corrected chi connectivity index (χ3v) is 3.17. The Kier molecular flexibility index (Phi) is 2.89. The van der Waals surface area contributed by atoms with Gasteiger partial charge in [-0.2, -0.15) is 0 Å². The molecule has 4 heteroatoms. The molecule has 80 valence electrons. The van der Waals surface area contributed by atoms with Crippen LogP contribution in [-0.4, -0.2) is 17.0 Å². The highest BCUT2D eigenvalue weighted by molar-refractivity contribution is 9.10. The number of carbonyl (C=O) groups excluding carboxylic acids is 1. The van der Waals surface area contributed by atoms with Crippen molar-refractivity contribution in [3.63, 3.8) is 0 Å². The lowest BCUT2D eigenvalue weighted by atomic mass is 10.0. The summed E-state index contributed by atoms with van der Waals surface area (Å²) >= 11 is 3.01. The van der Waals surface area contributed by atoms with E-state index in [4.69, 9.17) is 0 Å². The fourth-order valence-corrected chi connectivity index (χ4v) is 1.85. The summed E-state index contributed by atoms with van der Waals surface area (Å²) in [6.45, 7) is 0. The van der Waals surface area contributed by atoms with Gasteiger partial charge in [-0.15, -0.1) is 0 Å². The first-order valence-electron chi connectivity index (χ1n) is 4.77. The van der Waals surface area contributed by atoms with Gasteiger partial charge in [-0.3, -0.25) is 4.79 Å². The number of aliphatic hydroxyl groups is 1. The summed E-state index contributed by atoms with van der Waals surface area (Å²) in [5.41, 5.74) is -0.0382. The third kappa shape index (κ3) is 2.11. The first kappa shape index (κ1) is 10.8. The highest BCUT2D eigenvalue weighted by Crippen LogP contribution is 2.34. The van der Waals surface area contributed by atoms with Crippen molar-refractivity contribution < 1.29 is 14.3 Å². The Morgan fingerprint density at radius 2 is 2.20 bits per heavy atom. The topological polar surface area (TPSA) is 37.3 Å². The van der Waals surface area contributed by atoms with Crippen LogP contribution in [0.15, 0.2) is 22.7 Å². The van der Waals surface area contributed by atoms with Gasteiger partial charge in [0.15, 0.2) is 5.78 Å². The smallest absolute Gasteiger partial charge is 0.194 e. The van der Waals surface area contributed by atoms with E-state index in [0.717, 1.165) is 12.8 Å². The summed E-state index contributed by atoms with van der Waals surface area (Å²) < 4.78 is 13.8. The molecule has 1 atom stereocenters. The minimum atomic E-state index is -1.05. The van der Waals surface area contributed by atoms with Crippen LogP contribution in [0.2, 0.25) is 0 Å². The van der Waals surface area contributed by atoms with Crippen LogP contribution in [0.4, 0.5) is 4.39 Å². The zero-order valence-electron chi connectivity index (χ0n) is 7.91. The van der Waals surface area contributed by atoms with Crippen molar-refractivity contribution in [1.82, 2.24) is 0 Å². The molecule has 0 spiro atoms. The van der Waals surface area contributed by atoms with Crippen LogP contribution in [0.3, 0.4) is 0 Å². The van der Waals surface area contributed by atoms with Crippen molar-refractivity contribution in [3.05, 3.63) is 34.1 Å². The lowest BCUT2D eigenvalue weighted by Gasteiger charge is -2.09. The fraction of sp³-hybridized carbons (Fsp3) is 0.364. The van der Waals surface area contributed by atoms with Gasteiger partial charge in [-0.1, -0.05) is 6.07 Å². The predicted octanol–water partition coefficient (Wildman–Crippen LogP) is 2.54. The number of Topliss-reactive ketones (excluding diaryl/α,β-unsaturated/α-hetero) is 1. The van der Waals surface area contributed by atoms with Crippen LogP contribution < -0.4 is 0 Å². The number of carbonyl (C=O) groups is 1. The largest absolute Gasteiger partial charge is 0.385 e. The zero-order valence-corrected chi connectivity index (χ0v) is 9.50. The number of hydrogen-bond acceptors (Lipinski definition) is 2. The van der Waals surface area contributed by atoms with E-state index in [9.17, 15) is 14.3 Å². The van der Waals surface area contributed by atoms with Gasteiger partial charge in [0.1, 0.15) is 11.9 Å². The summed E-state index contributed by atoms with van der Waals surface area (Å²) in [6.07, 6.45) is 0.652. The van der Waals surface area contributed by atoms with Gasteiger partial charge in [0, 0.05) is 0 Å². The van der Waals surface area contributed by atoms with Gasteiger partial charge in [-0.25, -0.2) is 4.39 Å². The van der Waals surface area contributed by atoms with Crippen molar-refractivity contribution in [3.8, 4) is 0 Å². The Labute approximate surface area is 95.2 Å². The molecular weight excluding hydrogens is 263 g/mol. The molecule has 1 aromatic rings. The maximum atomic E-state index is 13.5. The lowest BCUT2D eigenvalue weighted by Crippen LogP contribution is -2.23. The molecule has 1 N–H and O–H groups in total. The van der Waals surface area contributed by atoms with Gasteiger partial charge in [0.25, 0.3) is 0 Å². The Morgan fingerprint density at radius 1 is 1.53 bits per heavy atom. The zero-order chi connectivity index (χ0) is 11.0. The van der Waals surface area contributed by atoms with Gasteiger partial charge < -0.3 is 5.11 Å². The van der Waals surface area contributed by atoms with Crippen LogP contribution in [0.25, 0.3) is 0 Å². The minimum absolute atomic E-state index is 0.0240. The minimum Gasteiger partial charge on any atom is -0.385 e. The molecule has 0 heterocycles. The molecule has 0 radical (unpaired) electrons. The maximum absolute atomic E-state index is 13.5. The predicted molar refractivity (Wildman–Crippen MR) is 57.2 cm³/mol. The second kappa shape index (κ2) is 4.02. The van der Waals surface area contributed by atoms with Gasteiger partial charge >= 0.3 is 0 Å². The van der Waals surface area contributed by atoms with Crippen molar-refractivity contribution in [1.29, 1.82) is 0 Å². The monoisotopic (exact) mass is 272 g/mol. The molecule has 0 saturated heterocycles. The van der Waals surface area contributed by atoms with Gasteiger partial charge in [-0.05, 0) is 46.8 Å². The van der Waals surface area contributed by atoms with E-state index in [2.05, 4.69) is 15.9 Å². The quantitative estimate of drug-likeness (QED) is 0.859. The summed E-state index contributed by atoms with van der Waals surface area (Å²) in [4.78, 5) is 11.7. The molecule has 1 aliphatic rings. The number of ketones is 1. The summed E-state index contributed by atoms with van der Waals surface area (Å²) in [7, 11) is 0. The van der Waals surface area contributed by atoms with Crippen molar-refractivity contribution >= 4 is 21.7 Å². The van der Waals surface area contributed by atoms with Gasteiger partial charge in [0.05, 0.1) is 10.0 Å². The first-order valence-corrected chi connectivity index (χ1v) is 5.57. The van der Waals surface area contributed by atoms with E-state index in [1.807, 2.05) is 0 Å². The second-order valence-electron chi connectivity index (χ2n) is 3.75. The van der Waals surface area contributed by atoms with E-state index < -0.39 is 17.7 Å². The van der Waals surface area contributed by atoms with E-state index in [1.54, 1.807) is 6.07 Å². The molecule has 2 nitrogen and oxygen atoms in total. The molecule has 0 aromatic heterocycles. The highest BCUT2D eigenvalue weighted by atomic mass is 79.9. The van der Waals surface area contributed by atoms with Crippen molar-refractivity contribution in [2.45, 2.75) is 18.9 Å². The summed E-state index contributed by atoms with van der Waals surface area (Å²) in [6, 6.07) is 4.50. The Morgan fingerprint density at radius 3 is 2.80 bits per heavy atom. The number of rotatable bonds is 3. The lowest BCUT2D eigenvalue weighted by molar-refractivity contribution is 0.0699. The van der Waals surface area contributed by atoms with Crippen LogP contribution in [0.1, 0.15) is 23.2 Å². The molecule has 1 aromatic carbocycles. The number of hydrogen-bond donors (Lipinski definition) is 1. The Hall–Kier alpha value is -0.740. The van der Waals surface area contributed by atoms with Crippen molar-refractivity contribution in [2.75, 3.05) is 0 Å². The standard InChI is InChI=1S/C11H10BrFO2/c12-8-3-1-2-7(9(8)13)11(15)10(14)6-4-5-6/h1-3,6,10,14H,4-5H2. The molecular formula is C11H10BrFO2. The maximum Gasteiger partial charge on any atom is 0.194 e. The molecule has 2 rings (SSSR count). The van der Waals surface area contributed by atoms with Crippen molar-refractivity contribution in [2.24, 2.45) is 5.92 Å². The van der Waals surface area contributed by atoms with E-state index in [1.165, 1.54) is 12.1 Å². The molecule has 0 aliphatic heterocycles. The number of benzene rings is 1. The molecule has 1 fully saturated rings. The molecule has 1 unspecified atom stereocenters. The number of halogens is 2. The van der Waals surface area contributed by atoms with E-state index in [-0.39, 0.29) is 16.0 Å². The van der Waals surface area contributed by atoms with Crippen LogP contribution in [0, 0.1) is 11.7 Å². The van der Waals surface area contributed by atoms with Crippen LogP contribution in [0.5, 0.6) is 0 Å². The Bertz CT molecular complexity index is 402. The SMILES string of the molecule is O=C(c1cccc(Br)c1F)C(O)C1CC1. The van der Waals surface area contributed by atoms with E-state index >= 15 is 0 Å². The molecule has 1 aliphatic carbocycles. The molecule has 0 amide bonds. The Balaban J connectivity index is 2.28. The van der Waals surface area contributed by atoms with Crippen LogP contribution >= 0.6 is 15.9 Å². The summed E-state index contributed by atoms with van der Waals surface area (Å²) in [5.74, 6) is -1.09. The second-order valence-corrected chi connectivity index (χ2v) is 4.60.